The quantitative estimate of drug-likeness (QED) is 0.876. The maximum absolute atomic E-state index is 12.1. The van der Waals surface area contributed by atoms with Crippen LogP contribution < -0.4 is 20.5 Å². The Hall–Kier alpha value is -2.76. The lowest BCUT2D eigenvalue weighted by Gasteiger charge is -2.11. The van der Waals surface area contributed by atoms with E-state index >= 15 is 0 Å². The summed E-state index contributed by atoms with van der Waals surface area (Å²) >= 11 is 0. The van der Waals surface area contributed by atoms with Crippen molar-refractivity contribution >= 4 is 17.3 Å². The number of amides is 1. The lowest BCUT2D eigenvalue weighted by molar-refractivity contribution is -0.115. The number of nitrogens with one attached hydrogen (secondary N) is 1. The van der Waals surface area contributed by atoms with Crippen molar-refractivity contribution < 1.29 is 14.3 Å². The Balaban J connectivity index is 2.09. The van der Waals surface area contributed by atoms with Crippen molar-refractivity contribution in [1.29, 1.82) is 0 Å². The average Bonchev–Trinajstić information content (AvgIpc) is 2.49. The molecule has 0 aliphatic heterocycles. The SMILES string of the molecule is COc1ccc(OC)c(NC(=O)Cc2ccc(N)cn2)c1. The third-order valence-corrected chi connectivity index (χ3v) is 2.87. The van der Waals surface area contributed by atoms with Crippen LogP contribution in [0.1, 0.15) is 5.69 Å². The van der Waals surface area contributed by atoms with Gasteiger partial charge in [0.05, 0.1) is 38.2 Å². The van der Waals surface area contributed by atoms with Gasteiger partial charge in [0.1, 0.15) is 11.5 Å². The molecule has 2 aromatic rings. The Morgan fingerprint density at radius 2 is 2.05 bits per heavy atom. The van der Waals surface area contributed by atoms with Crippen LogP contribution >= 0.6 is 0 Å². The normalized spacial score (nSPS) is 10.0. The first-order chi connectivity index (χ1) is 10.1. The Kier molecular flexibility index (Phi) is 4.61. The largest absolute Gasteiger partial charge is 0.497 e. The number of hydrogen-bond acceptors (Lipinski definition) is 5. The number of ether oxygens (including phenoxy) is 2. The van der Waals surface area contributed by atoms with Gasteiger partial charge in [0.25, 0.3) is 0 Å². The minimum Gasteiger partial charge on any atom is -0.497 e. The summed E-state index contributed by atoms with van der Waals surface area (Å²) in [5, 5.41) is 2.78. The van der Waals surface area contributed by atoms with Gasteiger partial charge in [-0.05, 0) is 24.3 Å². The van der Waals surface area contributed by atoms with Crippen LogP contribution in [-0.2, 0) is 11.2 Å². The molecule has 1 aromatic heterocycles. The second-order valence-electron chi connectivity index (χ2n) is 4.37. The first kappa shape index (κ1) is 14.6. The molecule has 1 aromatic carbocycles. The van der Waals surface area contributed by atoms with Crippen molar-refractivity contribution in [2.24, 2.45) is 0 Å². The summed E-state index contributed by atoms with van der Waals surface area (Å²) in [4.78, 5) is 16.2. The van der Waals surface area contributed by atoms with Gasteiger partial charge in [-0.1, -0.05) is 0 Å². The van der Waals surface area contributed by atoms with E-state index in [1.54, 1.807) is 44.6 Å². The molecule has 1 heterocycles. The minimum absolute atomic E-state index is 0.153. The molecule has 0 unspecified atom stereocenters. The number of pyridine rings is 1. The maximum atomic E-state index is 12.1. The number of nitrogens with two attached hydrogens (primary N) is 1. The summed E-state index contributed by atoms with van der Waals surface area (Å²) in [5.74, 6) is 1.00. The van der Waals surface area contributed by atoms with E-state index in [9.17, 15) is 4.79 Å². The summed E-state index contributed by atoms with van der Waals surface area (Å²) in [7, 11) is 3.10. The Morgan fingerprint density at radius 1 is 1.24 bits per heavy atom. The number of benzene rings is 1. The van der Waals surface area contributed by atoms with E-state index in [-0.39, 0.29) is 12.3 Å². The van der Waals surface area contributed by atoms with E-state index in [1.165, 1.54) is 6.20 Å². The zero-order chi connectivity index (χ0) is 15.2. The molecule has 0 saturated heterocycles. The number of rotatable bonds is 5. The number of hydrogen-bond donors (Lipinski definition) is 2. The molecule has 0 saturated carbocycles. The van der Waals surface area contributed by atoms with Gasteiger partial charge in [0, 0.05) is 11.8 Å². The summed E-state index contributed by atoms with van der Waals surface area (Å²) in [6.45, 7) is 0. The Bertz CT molecular complexity index is 627. The number of carbonyl (C=O) groups excluding carboxylic acids is 1. The monoisotopic (exact) mass is 287 g/mol. The zero-order valence-electron chi connectivity index (χ0n) is 11.9. The van der Waals surface area contributed by atoms with Crippen LogP contribution in [0.5, 0.6) is 11.5 Å². The van der Waals surface area contributed by atoms with E-state index < -0.39 is 0 Å². The van der Waals surface area contributed by atoms with Gasteiger partial charge in [-0.3, -0.25) is 9.78 Å². The predicted octanol–water partition coefficient (Wildman–Crippen LogP) is 1.86. The molecule has 0 fully saturated rings. The molecule has 6 heteroatoms. The fourth-order valence-corrected chi connectivity index (χ4v) is 1.81. The number of carbonyl (C=O) groups is 1. The molecule has 0 radical (unpaired) electrons. The van der Waals surface area contributed by atoms with Gasteiger partial charge in [0.15, 0.2) is 0 Å². The molecule has 0 atom stereocenters. The topological polar surface area (TPSA) is 86.5 Å². The Morgan fingerprint density at radius 3 is 2.67 bits per heavy atom. The molecular formula is C15H17N3O3. The number of nitrogen functional groups attached to an aromatic ring is 1. The van der Waals surface area contributed by atoms with E-state index in [4.69, 9.17) is 15.2 Å². The van der Waals surface area contributed by atoms with Gasteiger partial charge in [0.2, 0.25) is 5.91 Å². The third-order valence-electron chi connectivity index (χ3n) is 2.87. The maximum Gasteiger partial charge on any atom is 0.230 e. The number of aromatic nitrogens is 1. The van der Waals surface area contributed by atoms with E-state index in [2.05, 4.69) is 10.3 Å². The summed E-state index contributed by atoms with van der Waals surface area (Å²) < 4.78 is 10.3. The first-order valence-corrected chi connectivity index (χ1v) is 6.34. The number of nitrogens with zero attached hydrogens (tertiary/aromatic N) is 1. The number of anilines is 2. The van der Waals surface area contributed by atoms with Crippen LogP contribution in [0.2, 0.25) is 0 Å². The third kappa shape index (κ3) is 3.85. The van der Waals surface area contributed by atoms with Crippen LogP contribution in [0, 0.1) is 0 Å². The lowest BCUT2D eigenvalue weighted by atomic mass is 10.2. The van der Waals surface area contributed by atoms with Gasteiger partial charge in [-0.2, -0.15) is 0 Å². The molecule has 0 aliphatic carbocycles. The van der Waals surface area contributed by atoms with Crippen molar-refractivity contribution in [3.63, 3.8) is 0 Å². The highest BCUT2D eigenvalue weighted by atomic mass is 16.5. The van der Waals surface area contributed by atoms with Crippen molar-refractivity contribution in [2.45, 2.75) is 6.42 Å². The van der Waals surface area contributed by atoms with E-state index in [1.807, 2.05) is 0 Å². The van der Waals surface area contributed by atoms with Crippen LogP contribution in [0.15, 0.2) is 36.5 Å². The average molecular weight is 287 g/mol. The fourth-order valence-electron chi connectivity index (χ4n) is 1.81. The van der Waals surface area contributed by atoms with E-state index in [0.29, 0.717) is 28.6 Å². The summed E-state index contributed by atoms with van der Waals surface area (Å²) in [6, 6.07) is 8.62. The smallest absolute Gasteiger partial charge is 0.230 e. The van der Waals surface area contributed by atoms with Crippen LogP contribution in [0.4, 0.5) is 11.4 Å². The highest BCUT2D eigenvalue weighted by Crippen LogP contribution is 2.28. The van der Waals surface area contributed by atoms with Gasteiger partial charge in [-0.25, -0.2) is 0 Å². The summed E-state index contributed by atoms with van der Waals surface area (Å²) in [6.07, 6.45) is 1.68. The molecule has 21 heavy (non-hydrogen) atoms. The van der Waals surface area contributed by atoms with Crippen LogP contribution in [0.3, 0.4) is 0 Å². The standard InChI is InChI=1S/C15H17N3O3/c1-20-12-5-6-14(21-2)13(8-12)18-15(19)7-11-4-3-10(16)9-17-11/h3-6,8-9H,7,16H2,1-2H3,(H,18,19). The van der Waals surface area contributed by atoms with Gasteiger partial charge >= 0.3 is 0 Å². The van der Waals surface area contributed by atoms with Crippen molar-refractivity contribution in [2.75, 3.05) is 25.3 Å². The Labute approximate surface area is 122 Å². The van der Waals surface area contributed by atoms with Crippen LogP contribution in [-0.4, -0.2) is 25.1 Å². The van der Waals surface area contributed by atoms with Crippen molar-refractivity contribution in [3.05, 3.63) is 42.2 Å². The minimum atomic E-state index is -0.196. The highest BCUT2D eigenvalue weighted by molar-refractivity contribution is 5.93. The fraction of sp³-hybridized carbons (Fsp3) is 0.200. The molecule has 2 rings (SSSR count). The number of methoxy groups -OCH3 is 2. The molecule has 3 N–H and O–H groups in total. The molecule has 0 aliphatic rings. The first-order valence-electron chi connectivity index (χ1n) is 6.34. The molecular weight excluding hydrogens is 270 g/mol. The van der Waals surface area contributed by atoms with E-state index in [0.717, 1.165) is 0 Å². The van der Waals surface area contributed by atoms with Crippen LogP contribution in [0.25, 0.3) is 0 Å². The van der Waals surface area contributed by atoms with Crippen molar-refractivity contribution in [1.82, 2.24) is 4.98 Å². The molecule has 1 amide bonds. The summed E-state index contributed by atoms with van der Waals surface area (Å²) in [5.41, 5.74) is 7.32. The zero-order valence-corrected chi connectivity index (χ0v) is 11.9. The second-order valence-corrected chi connectivity index (χ2v) is 4.37. The second kappa shape index (κ2) is 6.60. The van der Waals surface area contributed by atoms with Crippen molar-refractivity contribution in [3.8, 4) is 11.5 Å². The lowest BCUT2D eigenvalue weighted by Crippen LogP contribution is -2.15. The molecule has 110 valence electrons. The van der Waals surface area contributed by atoms with Gasteiger partial charge in [-0.15, -0.1) is 0 Å². The molecule has 0 bridgehead atoms. The molecule has 6 nitrogen and oxygen atoms in total. The highest BCUT2D eigenvalue weighted by Gasteiger charge is 2.10. The predicted molar refractivity (Wildman–Crippen MR) is 80.5 cm³/mol. The molecule has 0 spiro atoms. The van der Waals surface area contributed by atoms with Gasteiger partial charge < -0.3 is 20.5 Å².